The highest BCUT2D eigenvalue weighted by Crippen LogP contribution is 2.11. The van der Waals surface area contributed by atoms with Crippen molar-refractivity contribution in [2.24, 2.45) is 0 Å². The molecule has 1 aromatic rings. The molecule has 0 aromatic carbocycles. The Kier molecular flexibility index (Phi) is 4.87. The van der Waals surface area contributed by atoms with E-state index in [4.69, 9.17) is 0 Å². The van der Waals surface area contributed by atoms with E-state index in [0.29, 0.717) is 0 Å². The minimum absolute atomic E-state index is 0.830. The zero-order chi connectivity index (χ0) is 10.4. The van der Waals surface area contributed by atoms with Gasteiger partial charge in [0, 0.05) is 25.5 Å². The summed E-state index contributed by atoms with van der Waals surface area (Å²) in [5.41, 5.74) is 0. The number of rotatable bonds is 5. The molecule has 0 radical (unpaired) electrons. The highest BCUT2D eigenvalue weighted by atomic mass is 79.9. The molecule has 1 aromatic heterocycles. The molecule has 0 spiro atoms. The van der Waals surface area contributed by atoms with Crippen LogP contribution < -0.4 is 4.90 Å². The molecule has 0 amide bonds. The fourth-order valence-corrected chi connectivity index (χ4v) is 1.53. The van der Waals surface area contributed by atoms with E-state index in [1.54, 1.807) is 12.4 Å². The molecule has 0 N–H and O–H groups in total. The molecule has 0 bridgehead atoms. The smallest absolute Gasteiger partial charge is 0.225 e. The minimum Gasteiger partial charge on any atom is -0.341 e. The van der Waals surface area contributed by atoms with Crippen molar-refractivity contribution in [1.29, 1.82) is 0 Å². The van der Waals surface area contributed by atoms with Gasteiger partial charge in [-0.1, -0.05) is 13.8 Å². The third kappa shape index (κ3) is 3.25. The van der Waals surface area contributed by atoms with Crippen LogP contribution in [0.25, 0.3) is 0 Å². The average Bonchev–Trinajstić information content (AvgIpc) is 2.19. The second-order valence-electron chi connectivity index (χ2n) is 3.19. The molecule has 14 heavy (non-hydrogen) atoms. The fraction of sp³-hybridized carbons (Fsp3) is 0.600. The number of hydrogen-bond donors (Lipinski definition) is 0. The van der Waals surface area contributed by atoms with Gasteiger partial charge in [0.25, 0.3) is 0 Å². The number of nitrogens with zero attached hydrogens (tertiary/aromatic N) is 3. The van der Waals surface area contributed by atoms with Crippen molar-refractivity contribution in [2.75, 3.05) is 18.0 Å². The van der Waals surface area contributed by atoms with E-state index in [-0.39, 0.29) is 0 Å². The number of hydrogen-bond acceptors (Lipinski definition) is 3. The lowest BCUT2D eigenvalue weighted by Gasteiger charge is -2.20. The number of halogens is 1. The molecule has 0 aliphatic carbocycles. The van der Waals surface area contributed by atoms with Crippen LogP contribution in [0.5, 0.6) is 0 Å². The molecule has 3 nitrogen and oxygen atoms in total. The van der Waals surface area contributed by atoms with Gasteiger partial charge >= 0.3 is 0 Å². The van der Waals surface area contributed by atoms with E-state index in [2.05, 4.69) is 44.6 Å². The highest BCUT2D eigenvalue weighted by Gasteiger charge is 2.06. The van der Waals surface area contributed by atoms with Gasteiger partial charge in [-0.05, 0) is 28.8 Å². The molecule has 0 saturated heterocycles. The van der Waals surface area contributed by atoms with Gasteiger partial charge in [0.15, 0.2) is 0 Å². The maximum absolute atomic E-state index is 4.28. The zero-order valence-electron chi connectivity index (χ0n) is 8.70. The van der Waals surface area contributed by atoms with Gasteiger partial charge in [-0.25, -0.2) is 9.97 Å². The SMILES string of the molecule is CCCN(CCC)c1ncc(Br)cn1. The molecule has 0 saturated carbocycles. The lowest BCUT2D eigenvalue weighted by molar-refractivity contribution is 0.720. The summed E-state index contributed by atoms with van der Waals surface area (Å²) in [6, 6.07) is 0. The Bertz CT molecular complexity index is 255. The maximum Gasteiger partial charge on any atom is 0.225 e. The molecule has 0 atom stereocenters. The summed E-state index contributed by atoms with van der Waals surface area (Å²) >= 11 is 3.33. The summed E-state index contributed by atoms with van der Waals surface area (Å²) in [7, 11) is 0. The Morgan fingerprint density at radius 1 is 1.14 bits per heavy atom. The molecule has 1 rings (SSSR count). The Hall–Kier alpha value is -0.640. The van der Waals surface area contributed by atoms with Crippen LogP contribution in [-0.2, 0) is 0 Å². The Labute approximate surface area is 93.7 Å². The predicted molar refractivity (Wildman–Crippen MR) is 62.5 cm³/mol. The highest BCUT2D eigenvalue weighted by molar-refractivity contribution is 9.10. The van der Waals surface area contributed by atoms with Crippen LogP contribution in [0.4, 0.5) is 5.95 Å². The summed E-state index contributed by atoms with van der Waals surface area (Å²) in [4.78, 5) is 10.8. The van der Waals surface area contributed by atoms with E-state index in [9.17, 15) is 0 Å². The molecular formula is C10H16BrN3. The lowest BCUT2D eigenvalue weighted by atomic mass is 10.4. The van der Waals surface area contributed by atoms with E-state index in [1.807, 2.05) is 0 Å². The van der Waals surface area contributed by atoms with Crippen LogP contribution in [0.2, 0.25) is 0 Å². The molecular weight excluding hydrogens is 242 g/mol. The number of aromatic nitrogens is 2. The lowest BCUT2D eigenvalue weighted by Crippen LogP contribution is -2.26. The van der Waals surface area contributed by atoms with Crippen molar-refractivity contribution in [3.63, 3.8) is 0 Å². The van der Waals surface area contributed by atoms with Crippen molar-refractivity contribution in [3.8, 4) is 0 Å². The average molecular weight is 258 g/mol. The minimum atomic E-state index is 0.830. The summed E-state index contributed by atoms with van der Waals surface area (Å²) in [5, 5.41) is 0. The third-order valence-corrected chi connectivity index (χ3v) is 2.29. The quantitative estimate of drug-likeness (QED) is 0.813. The van der Waals surface area contributed by atoms with Crippen LogP contribution in [0, 0.1) is 0 Å². The van der Waals surface area contributed by atoms with Crippen LogP contribution in [0.15, 0.2) is 16.9 Å². The van der Waals surface area contributed by atoms with Gasteiger partial charge in [0.05, 0.1) is 4.47 Å². The molecule has 1 heterocycles. The van der Waals surface area contributed by atoms with E-state index >= 15 is 0 Å². The van der Waals surface area contributed by atoms with Crippen LogP contribution in [0.1, 0.15) is 26.7 Å². The zero-order valence-corrected chi connectivity index (χ0v) is 10.3. The van der Waals surface area contributed by atoms with E-state index in [0.717, 1.165) is 36.4 Å². The van der Waals surface area contributed by atoms with Crippen molar-refractivity contribution in [2.45, 2.75) is 26.7 Å². The summed E-state index contributed by atoms with van der Waals surface area (Å²) in [5.74, 6) is 0.830. The molecule has 0 aliphatic heterocycles. The van der Waals surface area contributed by atoms with E-state index < -0.39 is 0 Å². The second kappa shape index (κ2) is 5.96. The molecule has 4 heteroatoms. The van der Waals surface area contributed by atoms with Crippen LogP contribution in [0.3, 0.4) is 0 Å². The standard InChI is InChI=1S/C10H16BrN3/c1-3-5-14(6-4-2)10-12-7-9(11)8-13-10/h7-8H,3-6H2,1-2H3. The Morgan fingerprint density at radius 2 is 1.64 bits per heavy atom. The fourth-order valence-electron chi connectivity index (χ4n) is 1.32. The van der Waals surface area contributed by atoms with Gasteiger partial charge in [0.1, 0.15) is 0 Å². The number of anilines is 1. The Morgan fingerprint density at radius 3 is 2.07 bits per heavy atom. The first-order valence-electron chi connectivity index (χ1n) is 5.00. The van der Waals surface area contributed by atoms with Crippen molar-refractivity contribution >= 4 is 21.9 Å². The molecule has 78 valence electrons. The summed E-state index contributed by atoms with van der Waals surface area (Å²) in [6.07, 6.45) is 5.83. The topological polar surface area (TPSA) is 29.0 Å². The van der Waals surface area contributed by atoms with Gasteiger partial charge in [0.2, 0.25) is 5.95 Å². The maximum atomic E-state index is 4.28. The van der Waals surface area contributed by atoms with Gasteiger partial charge in [-0.15, -0.1) is 0 Å². The molecule has 0 unspecified atom stereocenters. The summed E-state index contributed by atoms with van der Waals surface area (Å²) in [6.45, 7) is 6.38. The van der Waals surface area contributed by atoms with Crippen molar-refractivity contribution in [1.82, 2.24) is 9.97 Å². The first-order valence-corrected chi connectivity index (χ1v) is 5.79. The first-order chi connectivity index (χ1) is 6.77. The molecule has 0 fully saturated rings. The first kappa shape index (κ1) is 11.4. The predicted octanol–water partition coefficient (Wildman–Crippen LogP) is 2.87. The monoisotopic (exact) mass is 257 g/mol. The third-order valence-electron chi connectivity index (χ3n) is 1.88. The summed E-state index contributed by atoms with van der Waals surface area (Å²) < 4.78 is 0.925. The normalized spacial score (nSPS) is 10.2. The van der Waals surface area contributed by atoms with Crippen LogP contribution in [-0.4, -0.2) is 23.1 Å². The van der Waals surface area contributed by atoms with Crippen LogP contribution >= 0.6 is 15.9 Å². The van der Waals surface area contributed by atoms with Gasteiger partial charge < -0.3 is 4.90 Å². The van der Waals surface area contributed by atoms with Crippen molar-refractivity contribution in [3.05, 3.63) is 16.9 Å². The second-order valence-corrected chi connectivity index (χ2v) is 4.10. The largest absolute Gasteiger partial charge is 0.341 e. The van der Waals surface area contributed by atoms with Gasteiger partial charge in [-0.2, -0.15) is 0 Å². The van der Waals surface area contributed by atoms with Crippen molar-refractivity contribution < 1.29 is 0 Å². The van der Waals surface area contributed by atoms with E-state index in [1.165, 1.54) is 0 Å². The van der Waals surface area contributed by atoms with Gasteiger partial charge in [-0.3, -0.25) is 0 Å². The Balaban J connectivity index is 2.71. The molecule has 0 aliphatic rings.